The first-order chi connectivity index (χ1) is 10.6. The van der Waals surface area contributed by atoms with Crippen molar-refractivity contribution >= 4 is 11.0 Å². The molecule has 0 saturated carbocycles. The van der Waals surface area contributed by atoms with E-state index < -0.39 is 0 Å². The van der Waals surface area contributed by atoms with Crippen LogP contribution in [-0.2, 0) is 6.54 Å². The van der Waals surface area contributed by atoms with Gasteiger partial charge in [0.25, 0.3) is 0 Å². The third-order valence-corrected chi connectivity index (χ3v) is 4.23. The monoisotopic (exact) mass is 293 g/mol. The third kappa shape index (κ3) is 2.64. The van der Waals surface area contributed by atoms with Crippen LogP contribution in [0.4, 0.5) is 0 Å². The number of benzene rings is 2. The van der Waals surface area contributed by atoms with Crippen LogP contribution in [0, 0.1) is 20.8 Å². The molecule has 0 aliphatic rings. The van der Waals surface area contributed by atoms with Crippen molar-refractivity contribution in [3.8, 4) is 11.4 Å². The molecule has 0 atom stereocenters. The summed E-state index contributed by atoms with van der Waals surface area (Å²) in [6.07, 6.45) is 0.956. The van der Waals surface area contributed by atoms with Crippen molar-refractivity contribution in [2.24, 2.45) is 5.73 Å². The molecular formula is C19H23N3. The van der Waals surface area contributed by atoms with Crippen molar-refractivity contribution in [1.82, 2.24) is 9.55 Å². The number of hydrogen-bond donors (Lipinski definition) is 1. The molecule has 0 amide bonds. The quantitative estimate of drug-likeness (QED) is 0.790. The molecule has 0 fully saturated rings. The Balaban J connectivity index is 2.23. The van der Waals surface area contributed by atoms with Crippen molar-refractivity contribution in [3.63, 3.8) is 0 Å². The Kier molecular flexibility index (Phi) is 3.99. The molecule has 0 aliphatic heterocycles. The van der Waals surface area contributed by atoms with Crippen LogP contribution in [0.5, 0.6) is 0 Å². The normalized spacial score (nSPS) is 11.3. The van der Waals surface area contributed by atoms with E-state index in [1.54, 1.807) is 0 Å². The van der Waals surface area contributed by atoms with Crippen LogP contribution in [0.2, 0.25) is 0 Å². The van der Waals surface area contributed by atoms with E-state index in [0.29, 0.717) is 6.54 Å². The molecule has 0 radical (unpaired) electrons. The second-order valence-corrected chi connectivity index (χ2v) is 6.02. The number of imidazole rings is 1. The van der Waals surface area contributed by atoms with Gasteiger partial charge in [-0.15, -0.1) is 0 Å². The average Bonchev–Trinajstić information content (AvgIpc) is 2.83. The Hall–Kier alpha value is -2.13. The van der Waals surface area contributed by atoms with E-state index >= 15 is 0 Å². The summed E-state index contributed by atoms with van der Waals surface area (Å²) in [5.41, 5.74) is 13.0. The molecular weight excluding hydrogens is 270 g/mol. The Bertz CT molecular complexity index is 815. The molecule has 3 rings (SSSR count). The molecule has 3 aromatic rings. The highest BCUT2D eigenvalue weighted by Gasteiger charge is 2.13. The van der Waals surface area contributed by atoms with Gasteiger partial charge in [0.05, 0.1) is 11.0 Å². The summed E-state index contributed by atoms with van der Waals surface area (Å²) in [7, 11) is 0. The zero-order chi connectivity index (χ0) is 15.7. The van der Waals surface area contributed by atoms with Crippen molar-refractivity contribution in [2.75, 3.05) is 6.54 Å². The van der Waals surface area contributed by atoms with E-state index in [9.17, 15) is 0 Å². The van der Waals surface area contributed by atoms with E-state index in [0.717, 1.165) is 24.3 Å². The summed E-state index contributed by atoms with van der Waals surface area (Å²) in [5, 5.41) is 0. The van der Waals surface area contributed by atoms with E-state index in [2.05, 4.69) is 61.7 Å². The zero-order valence-electron chi connectivity index (χ0n) is 13.6. The molecule has 2 N–H and O–H groups in total. The van der Waals surface area contributed by atoms with Crippen LogP contribution in [0.3, 0.4) is 0 Å². The molecule has 0 bridgehead atoms. The lowest BCUT2D eigenvalue weighted by Gasteiger charge is -2.10. The summed E-state index contributed by atoms with van der Waals surface area (Å²) < 4.78 is 2.31. The highest BCUT2D eigenvalue weighted by molar-refractivity contribution is 5.82. The number of nitrogens with two attached hydrogens (primary N) is 1. The van der Waals surface area contributed by atoms with E-state index in [1.165, 1.54) is 27.8 Å². The van der Waals surface area contributed by atoms with Crippen molar-refractivity contribution in [3.05, 3.63) is 53.1 Å². The number of fused-ring (bicyclic) bond motifs is 1. The molecule has 2 aromatic carbocycles. The smallest absolute Gasteiger partial charge is 0.141 e. The standard InChI is InChI=1S/C19H23N3/c1-13-6-4-7-16(10-13)19-21-17-11-14(2)15(3)12-18(17)22(19)9-5-8-20/h4,6-7,10-12H,5,8-9,20H2,1-3H3. The number of rotatable bonds is 4. The van der Waals surface area contributed by atoms with Crippen LogP contribution in [0.15, 0.2) is 36.4 Å². The number of hydrogen-bond acceptors (Lipinski definition) is 2. The molecule has 0 aliphatic carbocycles. The molecule has 3 nitrogen and oxygen atoms in total. The Labute approximate surface area is 131 Å². The fraction of sp³-hybridized carbons (Fsp3) is 0.316. The van der Waals surface area contributed by atoms with Crippen molar-refractivity contribution < 1.29 is 0 Å². The topological polar surface area (TPSA) is 43.8 Å². The van der Waals surface area contributed by atoms with E-state index in [1.807, 2.05) is 0 Å². The lowest BCUT2D eigenvalue weighted by atomic mass is 10.1. The zero-order valence-corrected chi connectivity index (χ0v) is 13.6. The van der Waals surface area contributed by atoms with Gasteiger partial charge in [0, 0.05) is 12.1 Å². The predicted octanol–water partition coefficient (Wildman–Crippen LogP) is 3.98. The van der Waals surface area contributed by atoms with Crippen molar-refractivity contribution in [2.45, 2.75) is 33.7 Å². The van der Waals surface area contributed by atoms with Gasteiger partial charge in [-0.2, -0.15) is 0 Å². The van der Waals surface area contributed by atoms with Crippen LogP contribution in [0.25, 0.3) is 22.4 Å². The van der Waals surface area contributed by atoms with E-state index in [-0.39, 0.29) is 0 Å². The van der Waals surface area contributed by atoms with Gasteiger partial charge in [0.1, 0.15) is 5.82 Å². The second-order valence-electron chi connectivity index (χ2n) is 6.02. The summed E-state index contributed by atoms with van der Waals surface area (Å²) in [4.78, 5) is 4.90. The largest absolute Gasteiger partial charge is 0.330 e. The fourth-order valence-corrected chi connectivity index (χ4v) is 2.86. The van der Waals surface area contributed by atoms with Gasteiger partial charge in [-0.25, -0.2) is 4.98 Å². The molecule has 0 unspecified atom stereocenters. The molecule has 3 heteroatoms. The van der Waals surface area contributed by atoms with Gasteiger partial charge >= 0.3 is 0 Å². The second kappa shape index (κ2) is 5.93. The minimum atomic E-state index is 0.692. The summed E-state index contributed by atoms with van der Waals surface area (Å²) in [6, 6.07) is 13.0. The summed E-state index contributed by atoms with van der Waals surface area (Å²) in [6.45, 7) is 8.00. The van der Waals surface area contributed by atoms with Crippen molar-refractivity contribution in [1.29, 1.82) is 0 Å². The summed E-state index contributed by atoms with van der Waals surface area (Å²) in [5.74, 6) is 1.04. The Morgan fingerprint density at radius 1 is 1.05 bits per heavy atom. The van der Waals surface area contributed by atoms with Crippen LogP contribution >= 0.6 is 0 Å². The Morgan fingerprint density at radius 3 is 2.55 bits per heavy atom. The fourth-order valence-electron chi connectivity index (χ4n) is 2.86. The van der Waals surface area contributed by atoms with Crippen LogP contribution < -0.4 is 5.73 Å². The van der Waals surface area contributed by atoms with E-state index in [4.69, 9.17) is 10.7 Å². The van der Waals surface area contributed by atoms with Crippen LogP contribution in [-0.4, -0.2) is 16.1 Å². The predicted molar refractivity (Wildman–Crippen MR) is 93.1 cm³/mol. The average molecular weight is 293 g/mol. The SMILES string of the molecule is Cc1cccc(-c2nc3cc(C)c(C)cc3n2CCCN)c1. The maximum absolute atomic E-state index is 5.72. The third-order valence-electron chi connectivity index (χ3n) is 4.23. The van der Waals surface area contributed by atoms with Gasteiger partial charge in [-0.05, 0) is 63.1 Å². The number of aryl methyl sites for hydroxylation is 4. The minimum Gasteiger partial charge on any atom is -0.330 e. The number of nitrogens with zero attached hydrogens (tertiary/aromatic N) is 2. The first kappa shape index (κ1) is 14.8. The first-order valence-electron chi connectivity index (χ1n) is 7.84. The lowest BCUT2D eigenvalue weighted by molar-refractivity contribution is 0.671. The maximum Gasteiger partial charge on any atom is 0.141 e. The van der Waals surface area contributed by atoms with Gasteiger partial charge in [-0.3, -0.25) is 0 Å². The highest BCUT2D eigenvalue weighted by Crippen LogP contribution is 2.27. The van der Waals surface area contributed by atoms with Crippen LogP contribution in [0.1, 0.15) is 23.1 Å². The molecule has 1 heterocycles. The first-order valence-corrected chi connectivity index (χ1v) is 7.84. The Morgan fingerprint density at radius 2 is 1.82 bits per heavy atom. The molecule has 22 heavy (non-hydrogen) atoms. The maximum atomic E-state index is 5.72. The molecule has 0 saturated heterocycles. The molecule has 114 valence electrons. The van der Waals surface area contributed by atoms with Gasteiger partial charge < -0.3 is 10.3 Å². The molecule has 0 spiro atoms. The van der Waals surface area contributed by atoms with Gasteiger partial charge in [0.15, 0.2) is 0 Å². The lowest BCUT2D eigenvalue weighted by Crippen LogP contribution is -2.07. The minimum absolute atomic E-state index is 0.692. The van der Waals surface area contributed by atoms with Gasteiger partial charge in [0.2, 0.25) is 0 Å². The highest BCUT2D eigenvalue weighted by atomic mass is 15.1. The number of aromatic nitrogens is 2. The van der Waals surface area contributed by atoms with Gasteiger partial charge in [-0.1, -0.05) is 23.8 Å². The molecule has 1 aromatic heterocycles. The summed E-state index contributed by atoms with van der Waals surface area (Å²) >= 11 is 0.